The van der Waals surface area contributed by atoms with E-state index >= 15 is 0 Å². The van der Waals surface area contributed by atoms with Crippen molar-refractivity contribution in [2.75, 3.05) is 0 Å². The molecule has 0 spiro atoms. The first-order chi connectivity index (χ1) is 10.6. The van der Waals surface area contributed by atoms with Gasteiger partial charge in [-0.15, -0.1) is 0 Å². The third kappa shape index (κ3) is 6.20. The van der Waals surface area contributed by atoms with Gasteiger partial charge in [-0.05, 0) is 19.3 Å². The maximum atomic E-state index is 11.9. The zero-order chi connectivity index (χ0) is 16.4. The van der Waals surface area contributed by atoms with Crippen molar-refractivity contribution >= 4 is 11.8 Å². The number of carbonyl (C=O) groups excluding carboxylic acids is 2. The minimum absolute atomic E-state index is 0.0809. The van der Waals surface area contributed by atoms with Gasteiger partial charge in [0, 0.05) is 12.8 Å². The molecule has 0 fully saturated rings. The van der Waals surface area contributed by atoms with E-state index in [4.69, 9.17) is 4.74 Å². The van der Waals surface area contributed by atoms with Crippen LogP contribution >= 0.6 is 0 Å². The van der Waals surface area contributed by atoms with Gasteiger partial charge in [0.15, 0.2) is 5.78 Å². The van der Waals surface area contributed by atoms with Gasteiger partial charge >= 0.3 is 5.97 Å². The van der Waals surface area contributed by atoms with Gasteiger partial charge in [0.1, 0.15) is 17.4 Å². The number of hydrogen-bond acceptors (Lipinski definition) is 4. The van der Waals surface area contributed by atoms with Crippen molar-refractivity contribution in [3.05, 3.63) is 11.3 Å². The summed E-state index contributed by atoms with van der Waals surface area (Å²) in [6.07, 6.45) is 10.1. The molecule has 0 bridgehead atoms. The van der Waals surface area contributed by atoms with Gasteiger partial charge in [-0.1, -0.05) is 52.4 Å². The van der Waals surface area contributed by atoms with Crippen LogP contribution in [0.1, 0.15) is 84.5 Å². The fourth-order valence-corrected chi connectivity index (χ4v) is 2.80. The van der Waals surface area contributed by atoms with Crippen LogP contribution in [-0.4, -0.2) is 23.0 Å². The van der Waals surface area contributed by atoms with Crippen LogP contribution in [0.15, 0.2) is 11.3 Å². The average Bonchev–Trinajstić information content (AvgIpc) is 2.46. The second-order valence-electron chi connectivity index (χ2n) is 6.14. The number of aliphatic hydroxyl groups is 1. The molecular formula is C18H30O4. The summed E-state index contributed by atoms with van der Waals surface area (Å²) in [7, 11) is 0. The van der Waals surface area contributed by atoms with E-state index in [1.807, 2.05) is 6.92 Å². The molecule has 22 heavy (non-hydrogen) atoms. The van der Waals surface area contributed by atoms with E-state index in [-0.39, 0.29) is 36.1 Å². The van der Waals surface area contributed by atoms with Crippen molar-refractivity contribution < 1.29 is 19.4 Å². The topological polar surface area (TPSA) is 63.6 Å². The molecule has 0 unspecified atom stereocenters. The molecule has 0 saturated heterocycles. The highest BCUT2D eigenvalue weighted by Gasteiger charge is 2.32. The van der Waals surface area contributed by atoms with Gasteiger partial charge < -0.3 is 9.84 Å². The Hall–Kier alpha value is -1.32. The van der Waals surface area contributed by atoms with Crippen molar-refractivity contribution in [1.82, 2.24) is 0 Å². The van der Waals surface area contributed by atoms with E-state index in [0.717, 1.165) is 19.3 Å². The second-order valence-corrected chi connectivity index (χ2v) is 6.14. The molecule has 1 aliphatic heterocycles. The summed E-state index contributed by atoms with van der Waals surface area (Å²) < 4.78 is 5.30. The second kappa shape index (κ2) is 10.4. The fraction of sp³-hybridized carbons (Fsp3) is 0.778. The highest BCUT2D eigenvalue weighted by atomic mass is 16.5. The van der Waals surface area contributed by atoms with Crippen LogP contribution in [0.25, 0.3) is 0 Å². The number of ether oxygens (including phenoxy) is 1. The predicted molar refractivity (Wildman–Crippen MR) is 86.7 cm³/mol. The van der Waals surface area contributed by atoms with Gasteiger partial charge in [0.2, 0.25) is 0 Å². The third-order valence-corrected chi connectivity index (χ3v) is 4.07. The molecule has 0 aromatic heterocycles. The summed E-state index contributed by atoms with van der Waals surface area (Å²) in [5.74, 6) is -1.03. The number of unbranched alkanes of at least 4 members (excludes halogenated alkanes) is 6. The Bertz CT molecular complexity index is 398. The summed E-state index contributed by atoms with van der Waals surface area (Å²) in [6.45, 7) is 4.07. The van der Waals surface area contributed by atoms with Crippen LogP contribution in [0.3, 0.4) is 0 Å². The van der Waals surface area contributed by atoms with E-state index in [0.29, 0.717) is 6.42 Å². The summed E-state index contributed by atoms with van der Waals surface area (Å²) in [5, 5.41) is 9.96. The standard InChI is InChI=1S/C18H30O4/c1-3-5-6-7-8-9-10-12-14-13-16(20)17(18(21)22-14)15(19)11-4-2/h14,20H,3-13H2,1-2H3/t14-/m1/s1. The van der Waals surface area contributed by atoms with Crippen LogP contribution in [-0.2, 0) is 14.3 Å². The zero-order valence-corrected chi connectivity index (χ0v) is 14.0. The molecule has 4 heteroatoms. The van der Waals surface area contributed by atoms with Crippen molar-refractivity contribution in [2.45, 2.75) is 90.6 Å². The smallest absolute Gasteiger partial charge is 0.345 e. The maximum absolute atomic E-state index is 11.9. The Labute approximate surface area is 133 Å². The van der Waals surface area contributed by atoms with E-state index < -0.39 is 5.97 Å². The van der Waals surface area contributed by atoms with E-state index in [9.17, 15) is 14.7 Å². The fourth-order valence-electron chi connectivity index (χ4n) is 2.80. The molecule has 1 rings (SSSR count). The van der Waals surface area contributed by atoms with Crippen LogP contribution in [0.2, 0.25) is 0 Å². The van der Waals surface area contributed by atoms with E-state index in [1.165, 1.54) is 32.1 Å². The Morgan fingerprint density at radius 2 is 1.73 bits per heavy atom. The number of ketones is 1. The lowest BCUT2D eigenvalue weighted by atomic mass is 9.97. The van der Waals surface area contributed by atoms with Gasteiger partial charge in [0.05, 0.1) is 0 Å². The van der Waals surface area contributed by atoms with Gasteiger partial charge in [0.25, 0.3) is 0 Å². The molecule has 4 nitrogen and oxygen atoms in total. The molecule has 0 aromatic carbocycles. The van der Waals surface area contributed by atoms with Crippen LogP contribution in [0.5, 0.6) is 0 Å². The summed E-state index contributed by atoms with van der Waals surface area (Å²) in [5.41, 5.74) is -0.127. The molecule has 1 heterocycles. The van der Waals surface area contributed by atoms with Gasteiger partial charge in [-0.25, -0.2) is 4.79 Å². The largest absolute Gasteiger partial charge is 0.511 e. The first-order valence-electron chi connectivity index (χ1n) is 8.76. The van der Waals surface area contributed by atoms with Crippen molar-refractivity contribution in [3.63, 3.8) is 0 Å². The highest BCUT2D eigenvalue weighted by Crippen LogP contribution is 2.25. The summed E-state index contributed by atoms with van der Waals surface area (Å²) >= 11 is 0. The third-order valence-electron chi connectivity index (χ3n) is 4.07. The Morgan fingerprint density at radius 3 is 2.32 bits per heavy atom. The minimum atomic E-state index is -0.643. The lowest BCUT2D eigenvalue weighted by Gasteiger charge is -2.23. The van der Waals surface area contributed by atoms with Crippen LogP contribution < -0.4 is 0 Å². The van der Waals surface area contributed by atoms with E-state index in [1.54, 1.807) is 0 Å². The normalized spacial score (nSPS) is 18.5. The van der Waals surface area contributed by atoms with Gasteiger partial charge in [-0.2, -0.15) is 0 Å². The number of esters is 1. The molecule has 0 amide bonds. The van der Waals surface area contributed by atoms with Crippen LogP contribution in [0, 0.1) is 0 Å². The first kappa shape index (κ1) is 18.7. The van der Waals surface area contributed by atoms with Crippen LogP contribution in [0.4, 0.5) is 0 Å². The number of cyclic esters (lactones) is 1. The number of rotatable bonds is 11. The lowest BCUT2D eigenvalue weighted by molar-refractivity contribution is -0.148. The zero-order valence-electron chi connectivity index (χ0n) is 14.0. The van der Waals surface area contributed by atoms with Crippen molar-refractivity contribution in [3.8, 4) is 0 Å². The van der Waals surface area contributed by atoms with Gasteiger partial charge in [-0.3, -0.25) is 4.79 Å². The summed E-state index contributed by atoms with van der Waals surface area (Å²) in [6, 6.07) is 0. The molecule has 0 aliphatic carbocycles. The first-order valence-corrected chi connectivity index (χ1v) is 8.76. The highest BCUT2D eigenvalue weighted by molar-refractivity contribution is 6.18. The molecule has 1 atom stereocenters. The number of carbonyl (C=O) groups is 2. The van der Waals surface area contributed by atoms with E-state index in [2.05, 4.69) is 6.92 Å². The lowest BCUT2D eigenvalue weighted by Crippen LogP contribution is -2.30. The molecule has 0 aromatic rings. The maximum Gasteiger partial charge on any atom is 0.345 e. The average molecular weight is 310 g/mol. The molecule has 1 aliphatic rings. The quantitative estimate of drug-likeness (QED) is 0.343. The Kier molecular flexibility index (Phi) is 8.86. The molecule has 1 N–H and O–H groups in total. The molecule has 126 valence electrons. The number of aliphatic hydroxyl groups excluding tert-OH is 1. The SMILES string of the molecule is CCCCCCCCC[C@@H]1CC(O)=C(C(=O)CCC)C(=O)O1. The monoisotopic (exact) mass is 310 g/mol. The Balaban J connectivity index is 2.32. The Morgan fingerprint density at radius 1 is 1.09 bits per heavy atom. The van der Waals surface area contributed by atoms with Crippen molar-refractivity contribution in [2.24, 2.45) is 0 Å². The predicted octanol–water partition coefficient (Wildman–Crippen LogP) is 4.62. The molecule has 0 saturated carbocycles. The molecule has 0 radical (unpaired) electrons. The summed E-state index contributed by atoms with van der Waals surface area (Å²) in [4.78, 5) is 23.7. The van der Waals surface area contributed by atoms with Crippen molar-refractivity contribution in [1.29, 1.82) is 0 Å². The number of hydrogen-bond donors (Lipinski definition) is 1. The minimum Gasteiger partial charge on any atom is -0.511 e. The number of Topliss-reactive ketones (excluding diaryl/α,β-unsaturated/α-hetero) is 1. The molecular weight excluding hydrogens is 280 g/mol.